The van der Waals surface area contributed by atoms with Crippen molar-refractivity contribution in [2.24, 2.45) is 0 Å². The molecule has 1 aromatic carbocycles. The van der Waals surface area contributed by atoms with Gasteiger partial charge in [-0.05, 0) is 31.5 Å². The molecule has 0 bridgehead atoms. The van der Waals surface area contributed by atoms with Crippen molar-refractivity contribution in [2.75, 3.05) is 18.1 Å². The number of hydrogen-bond donors (Lipinski definition) is 0. The zero-order valence-corrected chi connectivity index (χ0v) is 16.5. The summed E-state index contributed by atoms with van der Waals surface area (Å²) in [4.78, 5) is 6.70. The van der Waals surface area contributed by atoms with E-state index in [2.05, 4.69) is 9.88 Å². The van der Waals surface area contributed by atoms with Crippen LogP contribution in [0.15, 0.2) is 29.6 Å². The number of sulfone groups is 1. The van der Waals surface area contributed by atoms with E-state index in [4.69, 9.17) is 0 Å². The normalized spacial score (nSPS) is 19.7. The van der Waals surface area contributed by atoms with Gasteiger partial charge in [-0.15, -0.1) is 11.3 Å². The van der Waals surface area contributed by atoms with Crippen LogP contribution in [-0.2, 0) is 22.6 Å². The van der Waals surface area contributed by atoms with Crippen LogP contribution < -0.4 is 0 Å². The maximum absolute atomic E-state index is 12.7. The minimum Gasteiger partial charge on any atom is -0.294 e. The molecule has 27 heavy (non-hydrogen) atoms. The van der Waals surface area contributed by atoms with Gasteiger partial charge in [0.15, 0.2) is 9.84 Å². The minimum atomic E-state index is -4.35. The smallest absolute Gasteiger partial charge is 0.294 e. The van der Waals surface area contributed by atoms with Gasteiger partial charge < -0.3 is 0 Å². The van der Waals surface area contributed by atoms with Gasteiger partial charge in [-0.1, -0.05) is 19.1 Å². The SMILES string of the molecule is CCCN(Cc1csc(-c2ccc(C(F)(F)F)cc2)n1)[C@@H]1CCS(=O)(=O)C1. The summed E-state index contributed by atoms with van der Waals surface area (Å²) in [5.41, 5.74) is 0.775. The summed E-state index contributed by atoms with van der Waals surface area (Å²) >= 11 is 1.38. The molecule has 2 aromatic rings. The Morgan fingerprint density at radius 3 is 2.52 bits per heavy atom. The van der Waals surface area contributed by atoms with Crippen molar-refractivity contribution in [1.29, 1.82) is 0 Å². The zero-order valence-electron chi connectivity index (χ0n) is 14.9. The number of halogens is 3. The molecule has 1 aliphatic heterocycles. The molecule has 2 heterocycles. The van der Waals surface area contributed by atoms with Crippen molar-refractivity contribution >= 4 is 21.2 Å². The highest BCUT2D eigenvalue weighted by Gasteiger charge is 2.32. The molecule has 1 fully saturated rings. The Morgan fingerprint density at radius 1 is 1.26 bits per heavy atom. The topological polar surface area (TPSA) is 50.3 Å². The van der Waals surface area contributed by atoms with Crippen molar-refractivity contribution < 1.29 is 21.6 Å². The Labute approximate surface area is 161 Å². The number of hydrogen-bond acceptors (Lipinski definition) is 5. The van der Waals surface area contributed by atoms with E-state index in [0.29, 0.717) is 23.5 Å². The van der Waals surface area contributed by atoms with E-state index in [1.165, 1.54) is 23.5 Å². The molecular formula is C18H21F3N2O2S2. The molecule has 0 N–H and O–H groups in total. The summed E-state index contributed by atoms with van der Waals surface area (Å²) in [6.07, 6.45) is -2.81. The first-order valence-corrected chi connectivity index (χ1v) is 11.4. The highest BCUT2D eigenvalue weighted by Crippen LogP contribution is 2.32. The lowest BCUT2D eigenvalue weighted by Gasteiger charge is -2.26. The van der Waals surface area contributed by atoms with Crippen LogP contribution in [0, 0.1) is 0 Å². The Hall–Kier alpha value is -1.45. The van der Waals surface area contributed by atoms with Gasteiger partial charge in [0, 0.05) is 23.5 Å². The molecule has 1 aliphatic rings. The number of rotatable bonds is 6. The summed E-state index contributed by atoms with van der Waals surface area (Å²) in [6.45, 7) is 3.38. The van der Waals surface area contributed by atoms with E-state index in [9.17, 15) is 21.6 Å². The highest BCUT2D eigenvalue weighted by molar-refractivity contribution is 7.91. The monoisotopic (exact) mass is 418 g/mol. The quantitative estimate of drug-likeness (QED) is 0.705. The zero-order chi connectivity index (χ0) is 19.7. The molecule has 3 rings (SSSR count). The molecule has 9 heteroatoms. The fraction of sp³-hybridized carbons (Fsp3) is 0.500. The fourth-order valence-electron chi connectivity index (χ4n) is 3.26. The number of thiazole rings is 1. The molecule has 148 valence electrons. The van der Waals surface area contributed by atoms with E-state index in [1.807, 2.05) is 12.3 Å². The van der Waals surface area contributed by atoms with Gasteiger partial charge in [-0.25, -0.2) is 13.4 Å². The maximum atomic E-state index is 12.7. The molecule has 0 saturated carbocycles. The second-order valence-corrected chi connectivity index (χ2v) is 9.83. The first-order chi connectivity index (χ1) is 12.7. The van der Waals surface area contributed by atoms with Crippen LogP contribution in [0.4, 0.5) is 13.2 Å². The molecule has 1 atom stereocenters. The third-order valence-corrected chi connectivity index (χ3v) is 7.30. The number of aromatic nitrogens is 1. The van der Waals surface area contributed by atoms with Crippen LogP contribution in [0.1, 0.15) is 31.0 Å². The van der Waals surface area contributed by atoms with Gasteiger partial charge in [-0.3, -0.25) is 4.90 Å². The molecule has 0 amide bonds. The fourth-order valence-corrected chi connectivity index (χ4v) is 5.84. The second kappa shape index (κ2) is 7.89. The van der Waals surface area contributed by atoms with Crippen molar-refractivity contribution in [3.63, 3.8) is 0 Å². The number of benzene rings is 1. The average Bonchev–Trinajstić information content (AvgIpc) is 3.20. The van der Waals surface area contributed by atoms with Gasteiger partial charge >= 0.3 is 6.18 Å². The van der Waals surface area contributed by atoms with Crippen molar-refractivity contribution in [3.05, 3.63) is 40.9 Å². The van der Waals surface area contributed by atoms with Gasteiger partial charge in [0.1, 0.15) is 5.01 Å². The summed E-state index contributed by atoms with van der Waals surface area (Å²) in [7, 11) is -2.96. The van der Waals surface area contributed by atoms with E-state index in [0.717, 1.165) is 30.8 Å². The van der Waals surface area contributed by atoms with Gasteiger partial charge in [-0.2, -0.15) is 13.2 Å². The molecule has 0 radical (unpaired) electrons. The first kappa shape index (κ1) is 20.3. The van der Waals surface area contributed by atoms with Gasteiger partial charge in [0.25, 0.3) is 0 Å². The molecule has 1 saturated heterocycles. The minimum absolute atomic E-state index is 0.00571. The van der Waals surface area contributed by atoms with Crippen molar-refractivity contribution in [2.45, 2.75) is 38.5 Å². The summed E-state index contributed by atoms with van der Waals surface area (Å²) in [5, 5.41) is 2.55. The standard InChI is InChI=1S/C18H21F3N2O2S2/c1-2-8-23(16-7-9-27(24,25)12-16)10-15-11-26-17(22-15)13-3-5-14(6-4-13)18(19,20)21/h3-6,11,16H,2,7-10,12H2,1H3/t16-/m1/s1. The van der Waals surface area contributed by atoms with Gasteiger partial charge in [0.05, 0.1) is 22.8 Å². The lowest BCUT2D eigenvalue weighted by atomic mass is 10.1. The summed E-state index contributed by atoms with van der Waals surface area (Å²) in [5.74, 6) is 0.411. The third kappa shape index (κ3) is 5.08. The molecular weight excluding hydrogens is 397 g/mol. The predicted octanol–water partition coefficient (Wildman–Crippen LogP) is 4.23. The second-order valence-electron chi connectivity index (χ2n) is 6.75. The molecule has 0 spiro atoms. The number of alkyl halides is 3. The van der Waals surface area contributed by atoms with Crippen LogP contribution in [-0.4, -0.2) is 42.4 Å². The molecule has 0 aliphatic carbocycles. The van der Waals surface area contributed by atoms with E-state index >= 15 is 0 Å². The van der Waals surface area contributed by atoms with Crippen LogP contribution in [0.2, 0.25) is 0 Å². The molecule has 1 aromatic heterocycles. The largest absolute Gasteiger partial charge is 0.416 e. The van der Waals surface area contributed by atoms with Gasteiger partial charge in [0.2, 0.25) is 0 Å². The Balaban J connectivity index is 1.72. The van der Waals surface area contributed by atoms with Crippen molar-refractivity contribution in [3.8, 4) is 10.6 Å². The Morgan fingerprint density at radius 2 is 1.96 bits per heavy atom. The van der Waals surface area contributed by atoms with E-state index in [-0.39, 0.29) is 17.5 Å². The molecule has 4 nitrogen and oxygen atoms in total. The van der Waals surface area contributed by atoms with E-state index < -0.39 is 21.6 Å². The summed E-state index contributed by atoms with van der Waals surface area (Å²) in [6, 6.07) is 4.98. The lowest BCUT2D eigenvalue weighted by Crippen LogP contribution is -2.36. The van der Waals surface area contributed by atoms with E-state index in [1.54, 1.807) is 0 Å². The van der Waals surface area contributed by atoms with Crippen LogP contribution >= 0.6 is 11.3 Å². The van der Waals surface area contributed by atoms with Crippen LogP contribution in [0.5, 0.6) is 0 Å². The number of nitrogens with zero attached hydrogens (tertiary/aromatic N) is 2. The van der Waals surface area contributed by atoms with Crippen LogP contribution in [0.25, 0.3) is 10.6 Å². The van der Waals surface area contributed by atoms with Crippen molar-refractivity contribution in [1.82, 2.24) is 9.88 Å². The molecule has 0 unspecified atom stereocenters. The first-order valence-electron chi connectivity index (χ1n) is 8.74. The maximum Gasteiger partial charge on any atom is 0.416 e. The lowest BCUT2D eigenvalue weighted by molar-refractivity contribution is -0.137. The van der Waals surface area contributed by atoms with Crippen LogP contribution in [0.3, 0.4) is 0 Å². The predicted molar refractivity (Wildman–Crippen MR) is 100 cm³/mol. The Kier molecular flexibility index (Phi) is 5.93. The third-order valence-electron chi connectivity index (χ3n) is 4.61. The average molecular weight is 419 g/mol. The highest BCUT2D eigenvalue weighted by atomic mass is 32.2. The summed E-state index contributed by atoms with van der Waals surface area (Å²) < 4.78 is 61.6. The Bertz CT molecular complexity index is 877.